The fraction of sp³-hybridized carbons (Fsp3) is 0.455. The number of nitrogens with one attached hydrogen (secondary N) is 3. The largest absolute Gasteiger partial charge is 0.361 e. The van der Waals surface area contributed by atoms with Crippen molar-refractivity contribution in [3.05, 3.63) is 41.1 Å². The minimum atomic E-state index is -0.956. The summed E-state index contributed by atoms with van der Waals surface area (Å²) >= 11 is 0. The zero-order chi connectivity index (χ0) is 21.0. The van der Waals surface area contributed by atoms with E-state index in [1.807, 2.05) is 6.20 Å². The number of amides is 4. The van der Waals surface area contributed by atoms with Crippen molar-refractivity contribution in [1.29, 1.82) is 0 Å². The van der Waals surface area contributed by atoms with Crippen LogP contribution in [-0.4, -0.2) is 47.7 Å². The number of carbonyl (C=O) groups is 4. The molecule has 0 aromatic heterocycles. The molecular weight excluding hydrogens is 384 g/mol. The number of piperidine rings is 1. The van der Waals surface area contributed by atoms with Gasteiger partial charge >= 0.3 is 0 Å². The molecule has 1 spiro atoms. The molecule has 8 heteroatoms. The highest BCUT2D eigenvalue weighted by molar-refractivity contribution is 6.25. The van der Waals surface area contributed by atoms with Gasteiger partial charge in [-0.05, 0) is 49.7 Å². The van der Waals surface area contributed by atoms with Gasteiger partial charge in [0.25, 0.3) is 11.8 Å². The Morgan fingerprint density at radius 1 is 1.17 bits per heavy atom. The lowest BCUT2D eigenvalue weighted by Crippen LogP contribution is -2.60. The second-order valence-corrected chi connectivity index (χ2v) is 8.92. The van der Waals surface area contributed by atoms with Crippen LogP contribution in [0.2, 0.25) is 0 Å². The molecule has 0 radical (unpaired) electrons. The summed E-state index contributed by atoms with van der Waals surface area (Å²) in [6.45, 7) is 4.29. The van der Waals surface area contributed by atoms with E-state index in [2.05, 4.69) is 22.9 Å². The van der Waals surface area contributed by atoms with Crippen LogP contribution in [0.1, 0.15) is 53.3 Å². The molecule has 2 saturated heterocycles. The van der Waals surface area contributed by atoms with E-state index in [9.17, 15) is 19.2 Å². The van der Waals surface area contributed by atoms with E-state index in [0.29, 0.717) is 17.0 Å². The topological polar surface area (TPSA) is 108 Å². The van der Waals surface area contributed by atoms with Gasteiger partial charge in [0.2, 0.25) is 11.8 Å². The molecule has 4 amide bonds. The smallest absolute Gasteiger partial charge is 0.264 e. The van der Waals surface area contributed by atoms with E-state index in [0.717, 1.165) is 18.0 Å². The number of fused-ring (bicyclic) bond motifs is 1. The Kier molecular flexibility index (Phi) is 4.28. The zero-order valence-electron chi connectivity index (χ0n) is 16.8. The van der Waals surface area contributed by atoms with Crippen molar-refractivity contribution in [2.75, 3.05) is 18.4 Å². The lowest BCUT2D eigenvalue weighted by atomic mass is 9.57. The normalized spacial score (nSPS) is 25.7. The highest BCUT2D eigenvalue weighted by Crippen LogP contribution is 2.51. The molecule has 4 aliphatic rings. The Morgan fingerprint density at radius 3 is 2.60 bits per heavy atom. The van der Waals surface area contributed by atoms with E-state index < -0.39 is 23.8 Å². The van der Waals surface area contributed by atoms with Gasteiger partial charge in [0.05, 0.1) is 16.8 Å². The molecule has 8 nitrogen and oxygen atoms in total. The third kappa shape index (κ3) is 2.86. The van der Waals surface area contributed by atoms with Crippen LogP contribution in [0.3, 0.4) is 0 Å². The molecule has 3 fully saturated rings. The van der Waals surface area contributed by atoms with Gasteiger partial charge in [-0.1, -0.05) is 11.6 Å². The average molecular weight is 408 g/mol. The maximum absolute atomic E-state index is 13.1. The van der Waals surface area contributed by atoms with Crippen LogP contribution in [0.4, 0.5) is 5.69 Å². The van der Waals surface area contributed by atoms with E-state index in [4.69, 9.17) is 0 Å². The molecule has 30 heavy (non-hydrogen) atoms. The Bertz CT molecular complexity index is 1000. The molecule has 3 N–H and O–H groups in total. The van der Waals surface area contributed by atoms with E-state index in [1.165, 1.54) is 18.4 Å². The van der Waals surface area contributed by atoms with E-state index in [1.54, 1.807) is 18.2 Å². The molecule has 1 unspecified atom stereocenters. The lowest BCUT2D eigenvalue weighted by Gasteiger charge is -2.55. The van der Waals surface area contributed by atoms with Crippen molar-refractivity contribution in [1.82, 2.24) is 15.5 Å². The molecule has 156 valence electrons. The minimum absolute atomic E-state index is 0.106. The summed E-state index contributed by atoms with van der Waals surface area (Å²) in [5, 5.41) is 8.77. The van der Waals surface area contributed by atoms with Crippen LogP contribution >= 0.6 is 0 Å². The second kappa shape index (κ2) is 6.77. The van der Waals surface area contributed by atoms with Crippen molar-refractivity contribution in [3.63, 3.8) is 0 Å². The van der Waals surface area contributed by atoms with Crippen LogP contribution < -0.4 is 16.0 Å². The van der Waals surface area contributed by atoms with E-state index in [-0.39, 0.29) is 29.9 Å². The Labute approximate surface area is 174 Å². The minimum Gasteiger partial charge on any atom is -0.361 e. The van der Waals surface area contributed by atoms with Crippen LogP contribution in [-0.2, 0) is 9.59 Å². The van der Waals surface area contributed by atoms with Crippen LogP contribution in [0, 0.1) is 11.3 Å². The first-order chi connectivity index (χ1) is 14.4. The molecular formula is C22H24N4O4. The van der Waals surface area contributed by atoms with Crippen LogP contribution in [0.15, 0.2) is 30.0 Å². The quantitative estimate of drug-likeness (QED) is 0.650. The Hall–Kier alpha value is -3.00. The summed E-state index contributed by atoms with van der Waals surface area (Å²) in [5.41, 5.74) is 2.83. The highest BCUT2D eigenvalue weighted by Gasteiger charge is 2.49. The molecule has 1 aromatic carbocycles. The Balaban J connectivity index is 1.35. The maximum Gasteiger partial charge on any atom is 0.264 e. The molecule has 3 aliphatic heterocycles. The van der Waals surface area contributed by atoms with Gasteiger partial charge in [0, 0.05) is 25.7 Å². The number of hydrogen-bond acceptors (Lipinski definition) is 6. The summed E-state index contributed by atoms with van der Waals surface area (Å²) in [7, 11) is 0. The third-order valence-electron chi connectivity index (χ3n) is 6.93. The van der Waals surface area contributed by atoms with Crippen molar-refractivity contribution in [2.45, 2.75) is 38.6 Å². The molecule has 5 rings (SSSR count). The maximum atomic E-state index is 13.1. The summed E-state index contributed by atoms with van der Waals surface area (Å²) in [4.78, 5) is 50.6. The van der Waals surface area contributed by atoms with Crippen molar-refractivity contribution in [2.24, 2.45) is 11.3 Å². The van der Waals surface area contributed by atoms with Gasteiger partial charge in [0.1, 0.15) is 6.04 Å². The van der Waals surface area contributed by atoms with Crippen molar-refractivity contribution < 1.29 is 19.2 Å². The van der Waals surface area contributed by atoms with Gasteiger partial charge in [-0.2, -0.15) is 0 Å². The summed E-state index contributed by atoms with van der Waals surface area (Å²) < 4.78 is 0. The highest BCUT2D eigenvalue weighted by atomic mass is 16.2. The zero-order valence-corrected chi connectivity index (χ0v) is 16.8. The fourth-order valence-electron chi connectivity index (χ4n) is 5.02. The molecule has 1 atom stereocenters. The number of anilines is 1. The average Bonchev–Trinajstić information content (AvgIpc) is 2.89. The number of nitrogens with zero attached hydrogens (tertiary/aromatic N) is 1. The number of imide groups is 2. The fourth-order valence-corrected chi connectivity index (χ4v) is 5.02. The lowest BCUT2D eigenvalue weighted by molar-refractivity contribution is -0.136. The first-order valence-electron chi connectivity index (χ1n) is 10.4. The van der Waals surface area contributed by atoms with Crippen molar-refractivity contribution >= 4 is 29.3 Å². The molecule has 1 saturated carbocycles. The first-order valence-corrected chi connectivity index (χ1v) is 10.4. The predicted molar refractivity (Wildman–Crippen MR) is 109 cm³/mol. The van der Waals surface area contributed by atoms with Crippen LogP contribution in [0.5, 0.6) is 0 Å². The van der Waals surface area contributed by atoms with Crippen molar-refractivity contribution in [3.8, 4) is 0 Å². The van der Waals surface area contributed by atoms with E-state index >= 15 is 0 Å². The van der Waals surface area contributed by atoms with Gasteiger partial charge in [-0.3, -0.25) is 29.4 Å². The Morgan fingerprint density at radius 2 is 1.93 bits per heavy atom. The summed E-state index contributed by atoms with van der Waals surface area (Å²) in [6.07, 6.45) is 4.53. The second-order valence-electron chi connectivity index (χ2n) is 8.92. The SMILES string of the molecule is C/C(=C\Nc1cccc2c1C(=O)N(C1CCC(=O)NC1=O)C2=O)C1CC2(CNC2)C1. The monoisotopic (exact) mass is 408 g/mol. The molecule has 0 bridgehead atoms. The number of carbonyl (C=O) groups excluding carboxylic acids is 4. The number of hydrogen-bond donors (Lipinski definition) is 3. The van der Waals surface area contributed by atoms with Gasteiger partial charge in [-0.15, -0.1) is 0 Å². The first kappa shape index (κ1) is 19.0. The van der Waals surface area contributed by atoms with Gasteiger partial charge < -0.3 is 10.6 Å². The standard InChI is InChI=1S/C22H24N4O4/c1-12(13-7-22(8-13)10-23-11-22)9-24-15-4-2-3-14-18(15)21(30)26(20(14)29)16-5-6-17(27)25-19(16)28/h2-4,9,13,16,23-24H,5-8,10-11H2,1H3,(H,25,27,28)/b12-9+. The van der Waals surface area contributed by atoms with Gasteiger partial charge in [0.15, 0.2) is 0 Å². The molecule has 1 aliphatic carbocycles. The molecule has 3 heterocycles. The number of rotatable bonds is 4. The number of allylic oxidation sites excluding steroid dienone is 1. The number of benzene rings is 1. The van der Waals surface area contributed by atoms with Gasteiger partial charge in [-0.25, -0.2) is 0 Å². The molecule has 1 aromatic rings. The van der Waals surface area contributed by atoms with Crippen LogP contribution in [0.25, 0.3) is 0 Å². The summed E-state index contributed by atoms with van der Waals surface area (Å²) in [5.74, 6) is -1.44. The summed E-state index contributed by atoms with van der Waals surface area (Å²) in [6, 6.07) is 4.13. The third-order valence-corrected chi connectivity index (χ3v) is 6.93. The predicted octanol–water partition coefficient (Wildman–Crippen LogP) is 1.40.